The van der Waals surface area contributed by atoms with Gasteiger partial charge in [-0.2, -0.15) is 5.26 Å². The molecule has 0 spiro atoms. The van der Waals surface area contributed by atoms with Crippen LogP contribution in [0.2, 0.25) is 0 Å². The molecule has 0 saturated carbocycles. The molecule has 2 rings (SSSR count). The van der Waals surface area contributed by atoms with Crippen LogP contribution in [0.1, 0.15) is 50.7 Å². The largest absolute Gasteiger partial charge is 0.494 e. The highest BCUT2D eigenvalue weighted by Gasteiger charge is 2.15. The molecule has 1 aromatic rings. The maximum atomic E-state index is 8.95. The van der Waals surface area contributed by atoms with Gasteiger partial charge in [-0.1, -0.05) is 6.07 Å². The summed E-state index contributed by atoms with van der Waals surface area (Å²) in [6, 6.07) is 8.82. The number of aryl methyl sites for hydroxylation is 2. The van der Waals surface area contributed by atoms with Crippen molar-refractivity contribution in [3.63, 3.8) is 0 Å². The number of rotatable bonds is 5. The minimum absolute atomic E-state index is 0.237. The zero-order valence-electron chi connectivity index (χ0n) is 12.0. The van der Waals surface area contributed by atoms with Crippen molar-refractivity contribution >= 4 is 0 Å². The summed E-state index contributed by atoms with van der Waals surface area (Å²) in [5.74, 6) is 0.982. The first-order valence-corrected chi connectivity index (χ1v) is 7.27. The van der Waals surface area contributed by atoms with E-state index in [9.17, 15) is 0 Å². The van der Waals surface area contributed by atoms with Gasteiger partial charge in [-0.3, -0.25) is 0 Å². The van der Waals surface area contributed by atoms with Crippen LogP contribution in [0.15, 0.2) is 18.2 Å². The average Bonchev–Trinajstić information content (AvgIpc) is 2.43. The topological polar surface area (TPSA) is 33.0 Å². The Balaban J connectivity index is 1.82. The minimum atomic E-state index is -0.237. The molecule has 0 fully saturated rings. The lowest BCUT2D eigenvalue weighted by Gasteiger charge is -2.17. The van der Waals surface area contributed by atoms with E-state index in [1.165, 1.54) is 36.8 Å². The molecule has 0 radical (unpaired) electrons. The summed E-state index contributed by atoms with van der Waals surface area (Å²) in [6.45, 7) is 4.65. The molecule has 0 bridgehead atoms. The minimum Gasteiger partial charge on any atom is -0.494 e. The first kappa shape index (κ1) is 13.9. The molecule has 0 aromatic heterocycles. The van der Waals surface area contributed by atoms with E-state index in [2.05, 4.69) is 24.3 Å². The zero-order chi connectivity index (χ0) is 13.7. The Labute approximate surface area is 116 Å². The highest BCUT2D eigenvalue weighted by molar-refractivity contribution is 5.37. The van der Waals surface area contributed by atoms with Gasteiger partial charge in [-0.05, 0) is 75.6 Å². The van der Waals surface area contributed by atoms with Gasteiger partial charge in [0.1, 0.15) is 5.75 Å². The van der Waals surface area contributed by atoms with Crippen LogP contribution in [0, 0.1) is 16.7 Å². The van der Waals surface area contributed by atoms with Crippen molar-refractivity contribution in [2.24, 2.45) is 5.41 Å². The summed E-state index contributed by atoms with van der Waals surface area (Å²) in [6.07, 6.45) is 6.83. The average molecular weight is 257 g/mol. The Kier molecular flexibility index (Phi) is 4.47. The molecule has 2 heteroatoms. The fraction of sp³-hybridized carbons (Fsp3) is 0.588. The third-order valence-corrected chi connectivity index (χ3v) is 3.84. The molecule has 0 amide bonds. The van der Waals surface area contributed by atoms with Gasteiger partial charge in [0.15, 0.2) is 0 Å². The maximum absolute atomic E-state index is 8.95. The number of nitrogens with zero attached hydrogens (tertiary/aromatic N) is 1. The van der Waals surface area contributed by atoms with Gasteiger partial charge in [0, 0.05) is 0 Å². The zero-order valence-corrected chi connectivity index (χ0v) is 12.0. The summed E-state index contributed by atoms with van der Waals surface area (Å²) in [5.41, 5.74) is 2.71. The van der Waals surface area contributed by atoms with Gasteiger partial charge >= 0.3 is 0 Å². The number of hydrogen-bond acceptors (Lipinski definition) is 2. The fourth-order valence-corrected chi connectivity index (χ4v) is 2.56. The van der Waals surface area contributed by atoms with Crippen LogP contribution >= 0.6 is 0 Å². The molecular weight excluding hydrogens is 234 g/mol. The van der Waals surface area contributed by atoms with Crippen LogP contribution in [0.3, 0.4) is 0 Å². The molecule has 0 atom stereocenters. The van der Waals surface area contributed by atoms with Crippen LogP contribution in [0.25, 0.3) is 0 Å². The van der Waals surface area contributed by atoms with E-state index in [4.69, 9.17) is 10.00 Å². The molecule has 0 unspecified atom stereocenters. The Morgan fingerprint density at radius 3 is 2.68 bits per heavy atom. The SMILES string of the molecule is CC(C)(C#N)CCCOc1ccc2c(c1)CCCC2. The Bertz CT molecular complexity index is 471. The second-order valence-electron chi connectivity index (χ2n) is 6.09. The standard InChI is InChI=1S/C17H23NO/c1-17(2,13-18)10-5-11-19-16-9-8-14-6-3-4-7-15(14)12-16/h8-9,12H,3-7,10-11H2,1-2H3. The van der Waals surface area contributed by atoms with Gasteiger partial charge in [0.25, 0.3) is 0 Å². The summed E-state index contributed by atoms with van der Waals surface area (Å²) in [4.78, 5) is 0. The van der Waals surface area contributed by atoms with Crippen LogP contribution in [0.4, 0.5) is 0 Å². The van der Waals surface area contributed by atoms with E-state index < -0.39 is 0 Å². The van der Waals surface area contributed by atoms with E-state index in [0.717, 1.165) is 18.6 Å². The van der Waals surface area contributed by atoms with E-state index in [1.807, 2.05) is 13.8 Å². The van der Waals surface area contributed by atoms with E-state index in [1.54, 1.807) is 0 Å². The monoisotopic (exact) mass is 257 g/mol. The quantitative estimate of drug-likeness (QED) is 0.738. The van der Waals surface area contributed by atoms with Crippen LogP contribution in [-0.2, 0) is 12.8 Å². The lowest BCUT2D eigenvalue weighted by atomic mass is 9.90. The van der Waals surface area contributed by atoms with Gasteiger partial charge in [-0.15, -0.1) is 0 Å². The summed E-state index contributed by atoms with van der Waals surface area (Å²) < 4.78 is 5.80. The van der Waals surface area contributed by atoms with Crippen molar-refractivity contribution in [3.05, 3.63) is 29.3 Å². The number of benzene rings is 1. The third kappa shape index (κ3) is 3.99. The molecular formula is C17H23NO. The Hall–Kier alpha value is -1.49. The van der Waals surface area contributed by atoms with Gasteiger partial charge in [-0.25, -0.2) is 0 Å². The highest BCUT2D eigenvalue weighted by atomic mass is 16.5. The van der Waals surface area contributed by atoms with Gasteiger partial charge in [0.05, 0.1) is 18.1 Å². The molecule has 0 heterocycles. The predicted octanol–water partition coefficient (Wildman–Crippen LogP) is 4.27. The molecule has 19 heavy (non-hydrogen) atoms. The van der Waals surface area contributed by atoms with Crippen molar-refractivity contribution < 1.29 is 4.74 Å². The lowest BCUT2D eigenvalue weighted by Crippen LogP contribution is -2.10. The second-order valence-corrected chi connectivity index (χ2v) is 6.09. The first-order valence-electron chi connectivity index (χ1n) is 7.27. The number of nitriles is 1. The van der Waals surface area contributed by atoms with Gasteiger partial charge in [0.2, 0.25) is 0 Å². The molecule has 1 aromatic carbocycles. The molecule has 1 aliphatic rings. The molecule has 0 aliphatic heterocycles. The normalized spacial score (nSPS) is 14.6. The van der Waals surface area contributed by atoms with Crippen molar-refractivity contribution in [2.75, 3.05) is 6.61 Å². The highest BCUT2D eigenvalue weighted by Crippen LogP contribution is 2.26. The van der Waals surface area contributed by atoms with Crippen LogP contribution < -0.4 is 4.74 Å². The number of hydrogen-bond donors (Lipinski definition) is 0. The summed E-state index contributed by atoms with van der Waals surface area (Å²) in [5, 5.41) is 8.95. The lowest BCUT2D eigenvalue weighted by molar-refractivity contribution is 0.284. The van der Waals surface area contributed by atoms with Crippen molar-refractivity contribution in [3.8, 4) is 11.8 Å². The van der Waals surface area contributed by atoms with Crippen molar-refractivity contribution in [1.29, 1.82) is 5.26 Å². The smallest absolute Gasteiger partial charge is 0.119 e. The molecule has 0 saturated heterocycles. The summed E-state index contributed by atoms with van der Waals surface area (Å²) in [7, 11) is 0. The Morgan fingerprint density at radius 1 is 1.21 bits per heavy atom. The number of ether oxygens (including phenoxy) is 1. The first-order chi connectivity index (χ1) is 9.11. The summed E-state index contributed by atoms with van der Waals surface area (Å²) >= 11 is 0. The van der Waals surface area contributed by atoms with Crippen molar-refractivity contribution in [1.82, 2.24) is 0 Å². The number of fused-ring (bicyclic) bond motifs is 1. The molecule has 2 nitrogen and oxygen atoms in total. The molecule has 0 N–H and O–H groups in total. The molecule has 102 valence electrons. The van der Waals surface area contributed by atoms with Crippen molar-refractivity contribution in [2.45, 2.75) is 52.4 Å². The fourth-order valence-electron chi connectivity index (χ4n) is 2.56. The van der Waals surface area contributed by atoms with Crippen LogP contribution in [-0.4, -0.2) is 6.61 Å². The predicted molar refractivity (Wildman–Crippen MR) is 77.2 cm³/mol. The molecule has 1 aliphatic carbocycles. The van der Waals surface area contributed by atoms with Gasteiger partial charge < -0.3 is 4.74 Å². The van der Waals surface area contributed by atoms with E-state index in [-0.39, 0.29) is 5.41 Å². The van der Waals surface area contributed by atoms with Crippen LogP contribution in [0.5, 0.6) is 5.75 Å². The second kappa shape index (κ2) is 6.10. The third-order valence-electron chi connectivity index (χ3n) is 3.84. The van der Waals surface area contributed by atoms with E-state index in [0.29, 0.717) is 6.61 Å². The Morgan fingerprint density at radius 2 is 1.95 bits per heavy atom. The van der Waals surface area contributed by atoms with E-state index >= 15 is 0 Å². The maximum Gasteiger partial charge on any atom is 0.119 e.